The molecule has 3 aromatic rings. The van der Waals surface area contributed by atoms with Crippen LogP contribution in [0.3, 0.4) is 0 Å². The Balaban J connectivity index is 1.24. The minimum atomic E-state index is -0.503. The van der Waals surface area contributed by atoms with Gasteiger partial charge in [0.15, 0.2) is 0 Å². The average molecular weight is 459 g/mol. The van der Waals surface area contributed by atoms with Crippen molar-refractivity contribution in [2.45, 2.75) is 6.42 Å². The van der Waals surface area contributed by atoms with Gasteiger partial charge in [0, 0.05) is 44.5 Å². The van der Waals surface area contributed by atoms with E-state index in [9.17, 15) is 14.4 Å². The fourth-order valence-corrected chi connectivity index (χ4v) is 4.74. The summed E-state index contributed by atoms with van der Waals surface area (Å²) in [5.41, 5.74) is 1.76. The summed E-state index contributed by atoms with van der Waals surface area (Å²) in [4.78, 5) is 48.5. The van der Waals surface area contributed by atoms with Crippen LogP contribution in [-0.2, 0) is 14.3 Å². The number of methoxy groups -OCH3 is 1. The molecule has 5 rings (SSSR count). The topological polar surface area (TPSA) is 83.1 Å². The zero-order valence-corrected chi connectivity index (χ0v) is 19.0. The van der Waals surface area contributed by atoms with Crippen molar-refractivity contribution in [2.75, 3.05) is 49.6 Å². The van der Waals surface area contributed by atoms with E-state index >= 15 is 0 Å². The molecule has 3 heterocycles. The van der Waals surface area contributed by atoms with Gasteiger partial charge in [0.25, 0.3) is 0 Å². The summed E-state index contributed by atoms with van der Waals surface area (Å²) in [5, 5.41) is 1.10. The Morgan fingerprint density at radius 2 is 1.68 bits per heavy atom. The molecule has 34 heavy (non-hydrogen) atoms. The van der Waals surface area contributed by atoms with Crippen LogP contribution in [0, 0.1) is 5.92 Å². The van der Waals surface area contributed by atoms with Gasteiger partial charge in [-0.1, -0.05) is 30.3 Å². The number of aromatic nitrogens is 1. The van der Waals surface area contributed by atoms with E-state index in [1.54, 1.807) is 24.3 Å². The molecule has 2 saturated heterocycles. The Hall–Kier alpha value is -3.94. The zero-order valence-electron chi connectivity index (χ0n) is 19.0. The fourth-order valence-electron chi connectivity index (χ4n) is 4.74. The number of rotatable bonds is 4. The molecule has 2 fully saturated rings. The van der Waals surface area contributed by atoms with Crippen LogP contribution in [0.25, 0.3) is 10.9 Å². The first-order chi connectivity index (χ1) is 16.5. The van der Waals surface area contributed by atoms with E-state index < -0.39 is 11.9 Å². The highest BCUT2D eigenvalue weighted by atomic mass is 16.5. The van der Waals surface area contributed by atoms with Crippen molar-refractivity contribution in [1.29, 1.82) is 0 Å². The lowest BCUT2D eigenvalue weighted by Gasteiger charge is -2.36. The van der Waals surface area contributed by atoms with Gasteiger partial charge in [0.05, 0.1) is 29.8 Å². The predicted octanol–water partition coefficient (Wildman–Crippen LogP) is 2.72. The number of hydrogen-bond acceptors (Lipinski definition) is 6. The van der Waals surface area contributed by atoms with Crippen molar-refractivity contribution in [3.05, 3.63) is 66.2 Å². The Morgan fingerprint density at radius 1 is 0.941 bits per heavy atom. The molecule has 2 aromatic carbocycles. The molecule has 0 aliphatic carbocycles. The van der Waals surface area contributed by atoms with Crippen molar-refractivity contribution >= 4 is 40.2 Å². The highest BCUT2D eigenvalue weighted by Gasteiger charge is 2.39. The molecule has 1 atom stereocenters. The third-order valence-corrected chi connectivity index (χ3v) is 6.57. The number of para-hydroxylation sites is 2. The highest BCUT2D eigenvalue weighted by molar-refractivity contribution is 6.05. The van der Waals surface area contributed by atoms with E-state index in [1.807, 2.05) is 35.2 Å². The van der Waals surface area contributed by atoms with E-state index in [1.165, 1.54) is 12.0 Å². The van der Waals surface area contributed by atoms with Gasteiger partial charge in [-0.3, -0.25) is 9.59 Å². The van der Waals surface area contributed by atoms with E-state index in [-0.39, 0.29) is 24.8 Å². The third-order valence-electron chi connectivity index (χ3n) is 6.57. The number of nitrogens with zero attached hydrogens (tertiary/aromatic N) is 4. The van der Waals surface area contributed by atoms with Gasteiger partial charge in [-0.15, -0.1) is 0 Å². The maximum absolute atomic E-state index is 13.2. The lowest BCUT2D eigenvalue weighted by atomic mass is 10.1. The van der Waals surface area contributed by atoms with E-state index in [0.29, 0.717) is 37.4 Å². The Morgan fingerprint density at radius 3 is 2.47 bits per heavy atom. The normalized spacial score (nSPS) is 18.4. The van der Waals surface area contributed by atoms with Crippen molar-refractivity contribution in [2.24, 2.45) is 5.92 Å². The Kier molecular flexibility index (Phi) is 5.88. The average Bonchev–Trinajstić information content (AvgIpc) is 3.28. The quantitative estimate of drug-likeness (QED) is 0.559. The first-order valence-corrected chi connectivity index (χ1v) is 11.4. The molecule has 2 aliphatic heterocycles. The SMILES string of the molecule is COC(=O)c1ccccc1N1CC(C(=O)N2CCN(c3ccc4ccccc4n3)CC2)CC1=O. The van der Waals surface area contributed by atoms with Crippen LogP contribution in [0.1, 0.15) is 16.8 Å². The summed E-state index contributed by atoms with van der Waals surface area (Å²) in [6, 6.07) is 18.9. The van der Waals surface area contributed by atoms with Gasteiger partial charge in [0.2, 0.25) is 11.8 Å². The standard InChI is InChI=1S/C26H26N4O4/c1-34-26(33)20-7-3-5-9-22(20)30-17-19(16-24(30)31)25(32)29-14-12-28(13-15-29)23-11-10-18-6-2-4-8-21(18)27-23/h2-11,19H,12-17H2,1H3. The zero-order chi connectivity index (χ0) is 23.7. The van der Waals surface area contributed by atoms with Crippen molar-refractivity contribution < 1.29 is 19.1 Å². The molecular weight excluding hydrogens is 432 g/mol. The smallest absolute Gasteiger partial charge is 0.339 e. The maximum Gasteiger partial charge on any atom is 0.339 e. The van der Waals surface area contributed by atoms with Crippen LogP contribution >= 0.6 is 0 Å². The number of fused-ring (bicyclic) bond motifs is 1. The van der Waals surface area contributed by atoms with Crippen LogP contribution in [0.2, 0.25) is 0 Å². The molecule has 0 radical (unpaired) electrons. The number of benzene rings is 2. The van der Waals surface area contributed by atoms with Gasteiger partial charge < -0.3 is 19.4 Å². The van der Waals surface area contributed by atoms with Crippen molar-refractivity contribution in [3.63, 3.8) is 0 Å². The number of carbonyl (C=O) groups is 3. The molecule has 2 amide bonds. The first-order valence-electron chi connectivity index (χ1n) is 11.4. The molecule has 0 N–H and O–H groups in total. The van der Waals surface area contributed by atoms with Gasteiger partial charge in [0.1, 0.15) is 5.82 Å². The molecule has 1 aromatic heterocycles. The van der Waals surface area contributed by atoms with E-state index in [0.717, 1.165) is 16.7 Å². The third kappa shape index (κ3) is 4.07. The van der Waals surface area contributed by atoms with Crippen LogP contribution < -0.4 is 9.80 Å². The van der Waals surface area contributed by atoms with Crippen molar-refractivity contribution in [1.82, 2.24) is 9.88 Å². The van der Waals surface area contributed by atoms with Crippen LogP contribution in [0.4, 0.5) is 11.5 Å². The molecule has 2 aliphatic rings. The first kappa shape index (κ1) is 21.9. The fraction of sp³-hybridized carbons (Fsp3) is 0.308. The van der Waals surface area contributed by atoms with Crippen LogP contribution in [0.15, 0.2) is 60.7 Å². The summed E-state index contributed by atoms with van der Waals surface area (Å²) in [7, 11) is 1.31. The number of ether oxygens (including phenoxy) is 1. The lowest BCUT2D eigenvalue weighted by Crippen LogP contribution is -2.51. The molecule has 1 unspecified atom stereocenters. The van der Waals surface area contributed by atoms with E-state index in [2.05, 4.69) is 11.0 Å². The van der Waals surface area contributed by atoms with Gasteiger partial charge in [-0.05, 0) is 30.3 Å². The molecule has 8 heteroatoms. The van der Waals surface area contributed by atoms with Gasteiger partial charge in [-0.25, -0.2) is 9.78 Å². The summed E-state index contributed by atoms with van der Waals surface area (Å²) < 4.78 is 4.85. The minimum absolute atomic E-state index is 0.0162. The largest absolute Gasteiger partial charge is 0.465 e. The number of piperazine rings is 1. The van der Waals surface area contributed by atoms with Crippen molar-refractivity contribution in [3.8, 4) is 0 Å². The summed E-state index contributed by atoms with van der Waals surface area (Å²) in [5.74, 6) is -0.196. The van der Waals surface area contributed by atoms with Gasteiger partial charge >= 0.3 is 5.97 Å². The highest BCUT2D eigenvalue weighted by Crippen LogP contribution is 2.30. The van der Waals surface area contributed by atoms with Crippen LogP contribution in [0.5, 0.6) is 0 Å². The molecule has 0 spiro atoms. The minimum Gasteiger partial charge on any atom is -0.465 e. The predicted molar refractivity (Wildman–Crippen MR) is 129 cm³/mol. The van der Waals surface area contributed by atoms with E-state index in [4.69, 9.17) is 9.72 Å². The number of amides is 2. The molecule has 0 bridgehead atoms. The maximum atomic E-state index is 13.2. The Labute approximate surface area is 197 Å². The van der Waals surface area contributed by atoms with Crippen LogP contribution in [-0.4, -0.2) is 67.5 Å². The number of anilines is 2. The molecule has 174 valence electrons. The summed E-state index contributed by atoms with van der Waals surface area (Å²) in [6.45, 7) is 2.80. The number of pyridine rings is 1. The number of esters is 1. The lowest BCUT2D eigenvalue weighted by molar-refractivity contribution is -0.136. The number of hydrogen-bond donors (Lipinski definition) is 0. The second kappa shape index (κ2) is 9.13. The van der Waals surface area contributed by atoms with Gasteiger partial charge in [-0.2, -0.15) is 0 Å². The summed E-state index contributed by atoms with van der Waals surface area (Å²) in [6.07, 6.45) is 0.140. The molecule has 8 nitrogen and oxygen atoms in total. The monoisotopic (exact) mass is 458 g/mol. The molecular formula is C26H26N4O4. The summed E-state index contributed by atoms with van der Waals surface area (Å²) >= 11 is 0. The second-order valence-electron chi connectivity index (χ2n) is 8.59. The molecule has 0 saturated carbocycles. The Bertz CT molecular complexity index is 1250. The number of carbonyl (C=O) groups excluding carboxylic acids is 3. The second-order valence-corrected chi connectivity index (χ2v) is 8.59.